The Balaban J connectivity index is 2.69. The van der Waals surface area contributed by atoms with E-state index in [0.717, 1.165) is 4.47 Å². The second-order valence-electron chi connectivity index (χ2n) is 3.92. The average molecular weight is 316 g/mol. The molecule has 0 fully saturated rings. The van der Waals surface area contributed by atoms with Crippen molar-refractivity contribution in [3.05, 3.63) is 38.3 Å². The molecule has 0 heterocycles. The Morgan fingerprint density at radius 1 is 1.50 bits per heavy atom. The number of rotatable bonds is 5. The highest BCUT2D eigenvalue weighted by Gasteiger charge is 2.13. The van der Waals surface area contributed by atoms with Gasteiger partial charge in [0, 0.05) is 36.7 Å². The van der Waals surface area contributed by atoms with Crippen LogP contribution in [0.15, 0.2) is 22.7 Å². The minimum absolute atomic E-state index is 0.0444. The fraction of sp³-hybridized carbons (Fsp3) is 0.364. The molecule has 1 aromatic rings. The van der Waals surface area contributed by atoms with Crippen LogP contribution in [-0.2, 0) is 11.3 Å². The third-order valence-corrected chi connectivity index (χ3v) is 2.82. The molecule has 0 aromatic heterocycles. The molecule has 1 amide bonds. The summed E-state index contributed by atoms with van der Waals surface area (Å²) in [5, 5.41) is 13.7. The SMILES string of the molecule is CN(C)C(=O)CNCc1cc(Br)ccc1[N+](=O)[O-]. The van der Waals surface area contributed by atoms with Gasteiger partial charge in [0.1, 0.15) is 0 Å². The second kappa shape index (κ2) is 6.46. The number of nitro groups is 1. The van der Waals surface area contributed by atoms with Gasteiger partial charge in [0.15, 0.2) is 0 Å². The number of nitrogens with zero attached hydrogens (tertiary/aromatic N) is 2. The first-order chi connectivity index (χ1) is 8.41. The molecule has 1 aromatic carbocycles. The van der Waals surface area contributed by atoms with Crippen molar-refractivity contribution in [2.24, 2.45) is 0 Å². The van der Waals surface area contributed by atoms with Crippen LogP contribution in [-0.4, -0.2) is 36.4 Å². The van der Waals surface area contributed by atoms with Gasteiger partial charge in [-0.3, -0.25) is 14.9 Å². The van der Waals surface area contributed by atoms with Gasteiger partial charge >= 0.3 is 0 Å². The molecule has 0 bridgehead atoms. The van der Waals surface area contributed by atoms with Crippen LogP contribution in [0, 0.1) is 10.1 Å². The van der Waals surface area contributed by atoms with Crippen LogP contribution in [0.2, 0.25) is 0 Å². The maximum atomic E-state index is 11.3. The molecular formula is C11H14BrN3O3. The Kier molecular flexibility index (Phi) is 5.24. The van der Waals surface area contributed by atoms with Crippen molar-refractivity contribution in [2.45, 2.75) is 6.54 Å². The van der Waals surface area contributed by atoms with Crippen LogP contribution in [0.1, 0.15) is 5.56 Å². The first-order valence-corrected chi connectivity index (χ1v) is 6.05. The zero-order chi connectivity index (χ0) is 13.7. The van der Waals surface area contributed by atoms with Crippen LogP contribution in [0.3, 0.4) is 0 Å². The van der Waals surface area contributed by atoms with E-state index in [1.807, 2.05) is 0 Å². The summed E-state index contributed by atoms with van der Waals surface area (Å²) in [5.74, 6) is -0.0763. The number of hydrogen-bond acceptors (Lipinski definition) is 4. The van der Waals surface area contributed by atoms with Crippen LogP contribution < -0.4 is 5.32 Å². The van der Waals surface area contributed by atoms with Crippen LogP contribution >= 0.6 is 15.9 Å². The van der Waals surface area contributed by atoms with Gasteiger partial charge in [0.05, 0.1) is 11.5 Å². The highest BCUT2D eigenvalue weighted by molar-refractivity contribution is 9.10. The van der Waals surface area contributed by atoms with E-state index in [1.165, 1.54) is 11.0 Å². The van der Waals surface area contributed by atoms with E-state index in [-0.39, 0.29) is 24.7 Å². The highest BCUT2D eigenvalue weighted by atomic mass is 79.9. The van der Waals surface area contributed by atoms with Crippen LogP contribution in [0.4, 0.5) is 5.69 Å². The van der Waals surface area contributed by atoms with Gasteiger partial charge in [-0.15, -0.1) is 0 Å². The first kappa shape index (κ1) is 14.6. The number of carbonyl (C=O) groups excluding carboxylic acids is 1. The van der Waals surface area contributed by atoms with Gasteiger partial charge in [0.2, 0.25) is 5.91 Å². The monoisotopic (exact) mass is 315 g/mol. The van der Waals surface area contributed by atoms with Crippen LogP contribution in [0.25, 0.3) is 0 Å². The molecule has 0 aliphatic heterocycles. The van der Waals surface area contributed by atoms with Gasteiger partial charge in [-0.05, 0) is 12.1 Å². The average Bonchev–Trinajstić information content (AvgIpc) is 2.28. The Morgan fingerprint density at radius 2 is 2.17 bits per heavy atom. The van der Waals surface area contributed by atoms with Crippen LogP contribution in [0.5, 0.6) is 0 Å². The number of hydrogen-bond donors (Lipinski definition) is 1. The summed E-state index contributed by atoms with van der Waals surface area (Å²) in [6, 6.07) is 4.73. The summed E-state index contributed by atoms with van der Waals surface area (Å²) in [6.45, 7) is 0.423. The molecule has 1 rings (SSSR count). The summed E-state index contributed by atoms with van der Waals surface area (Å²) in [6.07, 6.45) is 0. The number of nitrogens with one attached hydrogen (secondary N) is 1. The fourth-order valence-corrected chi connectivity index (χ4v) is 1.74. The minimum atomic E-state index is -0.433. The molecule has 7 heteroatoms. The molecule has 0 saturated heterocycles. The van der Waals surface area contributed by atoms with Gasteiger partial charge in [-0.1, -0.05) is 15.9 Å². The molecule has 0 saturated carbocycles. The molecule has 0 unspecified atom stereocenters. The minimum Gasteiger partial charge on any atom is -0.348 e. The van der Waals surface area contributed by atoms with E-state index >= 15 is 0 Å². The molecular weight excluding hydrogens is 302 g/mol. The summed E-state index contributed by atoms with van der Waals surface area (Å²) in [7, 11) is 3.32. The predicted molar refractivity (Wildman–Crippen MR) is 71.2 cm³/mol. The number of halogens is 1. The third kappa shape index (κ3) is 4.08. The largest absolute Gasteiger partial charge is 0.348 e. The summed E-state index contributed by atoms with van der Waals surface area (Å²) < 4.78 is 0.767. The molecule has 1 N–H and O–H groups in total. The topological polar surface area (TPSA) is 75.5 Å². The van der Waals surface area contributed by atoms with Crippen molar-refractivity contribution in [1.82, 2.24) is 10.2 Å². The van der Waals surface area contributed by atoms with Gasteiger partial charge in [-0.25, -0.2) is 0 Å². The lowest BCUT2D eigenvalue weighted by Crippen LogP contribution is -2.32. The Bertz CT molecular complexity index is 463. The van der Waals surface area contributed by atoms with Gasteiger partial charge in [-0.2, -0.15) is 0 Å². The molecule has 0 radical (unpaired) electrons. The number of carbonyl (C=O) groups is 1. The van der Waals surface area contributed by atoms with Crippen molar-refractivity contribution >= 4 is 27.5 Å². The van der Waals surface area contributed by atoms with Crippen molar-refractivity contribution in [3.8, 4) is 0 Å². The molecule has 18 heavy (non-hydrogen) atoms. The van der Waals surface area contributed by atoms with Gasteiger partial charge < -0.3 is 10.2 Å². The predicted octanol–water partition coefficient (Wildman–Crippen LogP) is 1.54. The highest BCUT2D eigenvalue weighted by Crippen LogP contribution is 2.22. The second-order valence-corrected chi connectivity index (χ2v) is 4.84. The number of amides is 1. The third-order valence-electron chi connectivity index (χ3n) is 2.33. The maximum absolute atomic E-state index is 11.3. The van der Waals surface area contributed by atoms with E-state index in [1.54, 1.807) is 26.2 Å². The smallest absolute Gasteiger partial charge is 0.273 e. The molecule has 98 valence electrons. The number of likely N-dealkylation sites (N-methyl/N-ethyl adjacent to an activating group) is 1. The maximum Gasteiger partial charge on any atom is 0.273 e. The van der Waals surface area contributed by atoms with Crippen molar-refractivity contribution in [3.63, 3.8) is 0 Å². The van der Waals surface area contributed by atoms with Crippen molar-refractivity contribution < 1.29 is 9.72 Å². The lowest BCUT2D eigenvalue weighted by molar-refractivity contribution is -0.385. The molecule has 6 nitrogen and oxygen atoms in total. The van der Waals surface area contributed by atoms with E-state index in [0.29, 0.717) is 5.56 Å². The lowest BCUT2D eigenvalue weighted by atomic mass is 10.2. The van der Waals surface area contributed by atoms with E-state index in [2.05, 4.69) is 21.2 Å². The normalized spacial score (nSPS) is 10.2. The molecule has 0 spiro atoms. The van der Waals surface area contributed by atoms with E-state index in [4.69, 9.17) is 0 Å². The van der Waals surface area contributed by atoms with Crippen molar-refractivity contribution in [1.29, 1.82) is 0 Å². The first-order valence-electron chi connectivity index (χ1n) is 5.25. The molecule has 0 aliphatic carbocycles. The Morgan fingerprint density at radius 3 is 2.72 bits per heavy atom. The number of benzene rings is 1. The molecule has 0 atom stereocenters. The summed E-state index contributed by atoms with van der Waals surface area (Å²) in [5.41, 5.74) is 0.587. The van der Waals surface area contributed by atoms with Gasteiger partial charge in [0.25, 0.3) is 5.69 Å². The zero-order valence-electron chi connectivity index (χ0n) is 10.1. The van der Waals surface area contributed by atoms with Crippen molar-refractivity contribution in [2.75, 3.05) is 20.6 Å². The number of nitro benzene ring substituents is 1. The zero-order valence-corrected chi connectivity index (χ0v) is 11.7. The Hall–Kier alpha value is -1.47. The lowest BCUT2D eigenvalue weighted by Gasteiger charge is -2.11. The Labute approximate surface area is 113 Å². The van der Waals surface area contributed by atoms with E-state index in [9.17, 15) is 14.9 Å². The summed E-state index contributed by atoms with van der Waals surface area (Å²) in [4.78, 5) is 23.2. The molecule has 0 aliphatic rings. The summed E-state index contributed by atoms with van der Waals surface area (Å²) >= 11 is 3.26. The standard InChI is InChI=1S/C11H14BrN3O3/c1-14(2)11(16)7-13-6-8-5-9(12)3-4-10(8)15(17)18/h3-5,13H,6-7H2,1-2H3. The quantitative estimate of drug-likeness (QED) is 0.660. The van der Waals surface area contributed by atoms with E-state index < -0.39 is 4.92 Å². The fourth-order valence-electron chi connectivity index (χ4n) is 1.34.